The maximum Gasteiger partial charge on any atom is 0.246 e. The van der Waals surface area contributed by atoms with Gasteiger partial charge in [0.15, 0.2) is 0 Å². The van der Waals surface area contributed by atoms with E-state index >= 15 is 0 Å². The summed E-state index contributed by atoms with van der Waals surface area (Å²) in [7, 11) is 1.55. The first-order chi connectivity index (χ1) is 20.3. The van der Waals surface area contributed by atoms with Gasteiger partial charge in [0.2, 0.25) is 17.7 Å². The Balaban J connectivity index is 1.64. The van der Waals surface area contributed by atoms with E-state index in [1.807, 2.05) is 66.7 Å². The van der Waals surface area contributed by atoms with E-state index in [1.54, 1.807) is 7.05 Å². The number of nitrogens with one attached hydrogen (secondary N) is 3. The summed E-state index contributed by atoms with van der Waals surface area (Å²) in [6.45, 7) is 2.53. The molecule has 1 heterocycles. The lowest BCUT2D eigenvalue weighted by Crippen LogP contribution is -2.61. The second-order valence-electron chi connectivity index (χ2n) is 11.2. The number of carbonyl (C=O) groups excluding carboxylic acids is 3. The molecule has 1 saturated carbocycles. The molecule has 1 unspecified atom stereocenters. The molecule has 4 rings (SSSR count). The van der Waals surface area contributed by atoms with E-state index in [2.05, 4.69) is 16.0 Å². The van der Waals surface area contributed by atoms with Gasteiger partial charge in [-0.2, -0.15) is 0 Å². The number of nitrogens with zero attached hydrogens (tertiary/aromatic N) is 1. The van der Waals surface area contributed by atoms with Gasteiger partial charge in [-0.3, -0.25) is 14.4 Å². The van der Waals surface area contributed by atoms with Crippen molar-refractivity contribution in [2.24, 2.45) is 5.92 Å². The molecule has 1 fully saturated rings. The number of ether oxygens (including phenoxy) is 1. The van der Waals surface area contributed by atoms with Gasteiger partial charge in [-0.05, 0) is 37.3 Å². The molecule has 2 aliphatic rings. The number of rotatable bonds is 4. The molecule has 42 heavy (non-hydrogen) atoms. The number of fused-ring (bicyclic) bond motifs is 1. The number of likely N-dealkylation sites (N-methyl/N-ethyl adjacent to an activating group) is 1. The first-order valence-corrected chi connectivity index (χ1v) is 15.0. The van der Waals surface area contributed by atoms with Gasteiger partial charge in [-0.15, -0.1) is 0 Å². The monoisotopic (exact) mass is 576 g/mol. The molecule has 1 aliphatic heterocycles. The van der Waals surface area contributed by atoms with Crippen LogP contribution in [-0.2, 0) is 20.8 Å². The number of hydrogen-bond acceptors (Lipinski definition) is 6. The molecule has 0 bridgehead atoms. The van der Waals surface area contributed by atoms with Crippen molar-refractivity contribution >= 4 is 23.8 Å². The maximum atomic E-state index is 14.0. The van der Waals surface area contributed by atoms with E-state index in [0.717, 1.165) is 43.2 Å². The van der Waals surface area contributed by atoms with E-state index in [1.165, 1.54) is 11.8 Å². The lowest BCUT2D eigenvalue weighted by molar-refractivity contribution is -0.146. The fourth-order valence-corrected chi connectivity index (χ4v) is 5.91. The first-order valence-electron chi connectivity index (χ1n) is 15.0. The molecule has 0 aromatic heterocycles. The summed E-state index contributed by atoms with van der Waals surface area (Å²) in [6, 6.07) is 14.5. The van der Waals surface area contributed by atoms with Crippen molar-refractivity contribution in [1.29, 1.82) is 0 Å². The Labute approximate surface area is 248 Å². The van der Waals surface area contributed by atoms with Gasteiger partial charge in [0.1, 0.15) is 24.4 Å². The Morgan fingerprint density at radius 3 is 2.43 bits per heavy atom. The van der Waals surface area contributed by atoms with Crippen LogP contribution in [0, 0.1) is 5.92 Å². The molecule has 9 heteroatoms. The smallest absolute Gasteiger partial charge is 0.246 e. The molecule has 4 atom stereocenters. The highest BCUT2D eigenvalue weighted by atomic mass is 16.5. The van der Waals surface area contributed by atoms with Crippen molar-refractivity contribution in [2.75, 3.05) is 26.7 Å². The van der Waals surface area contributed by atoms with Gasteiger partial charge >= 0.3 is 0 Å². The van der Waals surface area contributed by atoms with Crippen molar-refractivity contribution in [3.8, 4) is 5.75 Å². The summed E-state index contributed by atoms with van der Waals surface area (Å²) in [5.74, 6) is -0.361. The Kier molecular flexibility index (Phi) is 11.5. The van der Waals surface area contributed by atoms with Crippen LogP contribution in [0.25, 0.3) is 6.08 Å². The highest BCUT2D eigenvalue weighted by Crippen LogP contribution is 2.28. The molecular formula is C33H44N4O5. The average Bonchev–Trinajstić information content (AvgIpc) is 2.99. The van der Waals surface area contributed by atoms with Crippen LogP contribution in [0.5, 0.6) is 5.75 Å². The third-order valence-corrected chi connectivity index (χ3v) is 8.13. The van der Waals surface area contributed by atoms with Gasteiger partial charge in [0.05, 0.1) is 12.1 Å². The summed E-state index contributed by atoms with van der Waals surface area (Å²) in [5.41, 5.74) is 1.75. The Bertz CT molecular complexity index is 1210. The van der Waals surface area contributed by atoms with Gasteiger partial charge in [-0.1, -0.05) is 79.9 Å². The van der Waals surface area contributed by atoms with Gasteiger partial charge in [0, 0.05) is 32.1 Å². The van der Waals surface area contributed by atoms with Crippen molar-refractivity contribution in [3.63, 3.8) is 0 Å². The number of para-hydroxylation sites is 1. The topological polar surface area (TPSA) is 120 Å². The summed E-state index contributed by atoms with van der Waals surface area (Å²) in [4.78, 5) is 42.3. The van der Waals surface area contributed by atoms with E-state index in [4.69, 9.17) is 4.74 Å². The predicted molar refractivity (Wildman–Crippen MR) is 163 cm³/mol. The van der Waals surface area contributed by atoms with E-state index < -0.39 is 30.1 Å². The van der Waals surface area contributed by atoms with Crippen LogP contribution in [0.1, 0.15) is 50.2 Å². The van der Waals surface area contributed by atoms with E-state index in [9.17, 15) is 19.5 Å². The van der Waals surface area contributed by atoms with Crippen molar-refractivity contribution in [3.05, 3.63) is 71.8 Å². The number of amides is 3. The lowest BCUT2D eigenvalue weighted by Gasteiger charge is -2.37. The van der Waals surface area contributed by atoms with Crippen LogP contribution < -0.4 is 20.7 Å². The van der Waals surface area contributed by atoms with Crippen LogP contribution in [0.3, 0.4) is 0 Å². The molecule has 2 aromatic carbocycles. The van der Waals surface area contributed by atoms with Crippen LogP contribution in [-0.4, -0.2) is 78.7 Å². The standard InChI is InChI=1S/C33H44N4O5/c1-23(38)30-32(40)36-27(22-24-12-5-3-6-13-24)31(39)35-19-11-17-25-14-9-10-18-28(25)42-21-20-34-29(33(41)37(30)2)26-15-7-4-8-16-26/h3,5-6,9-14,17-18,23,26-27,29-30,34,38H,4,7-8,15-16,19-22H2,1-2H3,(H,35,39)(H,36,40)/b17-11+/t23?,27-,29+,30+/m1/s1. The van der Waals surface area contributed by atoms with E-state index in [0.29, 0.717) is 18.9 Å². The molecule has 1 aliphatic carbocycles. The summed E-state index contributed by atoms with van der Waals surface area (Å²) in [6.07, 6.45) is 7.91. The minimum absolute atomic E-state index is 0.115. The highest BCUT2D eigenvalue weighted by molar-refractivity contribution is 5.93. The fourth-order valence-electron chi connectivity index (χ4n) is 5.91. The molecule has 9 nitrogen and oxygen atoms in total. The van der Waals surface area contributed by atoms with Gasteiger partial charge < -0.3 is 30.7 Å². The normalized spacial score (nSPS) is 25.2. The largest absolute Gasteiger partial charge is 0.492 e. The van der Waals surface area contributed by atoms with Crippen molar-refractivity contribution < 1.29 is 24.2 Å². The minimum Gasteiger partial charge on any atom is -0.492 e. The fraction of sp³-hybridized carbons (Fsp3) is 0.485. The predicted octanol–water partition coefficient (Wildman–Crippen LogP) is 2.68. The number of carbonyl (C=O) groups is 3. The number of aliphatic hydroxyl groups excluding tert-OH is 1. The second kappa shape index (κ2) is 15.5. The Morgan fingerprint density at radius 1 is 0.976 bits per heavy atom. The number of aliphatic hydroxyl groups is 1. The SMILES string of the molecule is CC(O)[C@H]1C(=O)N[C@H](Cc2ccccc2)C(=O)NC/C=C/c2ccccc2OCCN[C@@H](C2CCCCC2)C(=O)N1C. The third kappa shape index (κ3) is 8.42. The second-order valence-corrected chi connectivity index (χ2v) is 11.2. The highest BCUT2D eigenvalue weighted by Gasteiger charge is 2.38. The Hall–Kier alpha value is -3.69. The Morgan fingerprint density at radius 2 is 1.69 bits per heavy atom. The molecule has 2 aromatic rings. The van der Waals surface area contributed by atoms with Crippen LogP contribution in [0.4, 0.5) is 0 Å². The van der Waals surface area contributed by atoms with Crippen LogP contribution in [0.15, 0.2) is 60.7 Å². The summed E-state index contributed by atoms with van der Waals surface area (Å²) in [5, 5.41) is 19.9. The molecule has 4 N–H and O–H groups in total. The molecule has 0 saturated heterocycles. The quantitative estimate of drug-likeness (QED) is 0.445. The zero-order valence-electron chi connectivity index (χ0n) is 24.6. The zero-order valence-corrected chi connectivity index (χ0v) is 24.6. The molecule has 3 amide bonds. The van der Waals surface area contributed by atoms with E-state index in [-0.39, 0.29) is 30.7 Å². The molecule has 226 valence electrons. The molecule has 0 radical (unpaired) electrons. The molecule has 0 spiro atoms. The first kappa shape index (κ1) is 31.3. The summed E-state index contributed by atoms with van der Waals surface area (Å²) >= 11 is 0. The third-order valence-electron chi connectivity index (χ3n) is 8.13. The number of hydrogen-bond donors (Lipinski definition) is 4. The minimum atomic E-state index is -1.17. The maximum absolute atomic E-state index is 14.0. The zero-order chi connectivity index (χ0) is 29.9. The van der Waals surface area contributed by atoms with Gasteiger partial charge in [0.25, 0.3) is 0 Å². The van der Waals surface area contributed by atoms with Gasteiger partial charge in [-0.25, -0.2) is 0 Å². The lowest BCUT2D eigenvalue weighted by atomic mass is 9.83. The average molecular weight is 577 g/mol. The number of benzene rings is 2. The van der Waals surface area contributed by atoms with Crippen LogP contribution >= 0.6 is 0 Å². The summed E-state index contributed by atoms with van der Waals surface area (Å²) < 4.78 is 6.08. The van der Waals surface area contributed by atoms with Crippen molar-refractivity contribution in [2.45, 2.75) is 69.7 Å². The van der Waals surface area contributed by atoms with Crippen LogP contribution in [0.2, 0.25) is 0 Å². The van der Waals surface area contributed by atoms with Crippen molar-refractivity contribution in [1.82, 2.24) is 20.9 Å². The molecular weight excluding hydrogens is 532 g/mol.